The van der Waals surface area contributed by atoms with E-state index in [1.165, 1.54) is 4.90 Å². The number of carbonyl (C=O) groups is 2. The smallest absolute Gasteiger partial charge is 0.326 e. The first-order valence-corrected chi connectivity index (χ1v) is 4.33. The molecule has 1 unspecified atom stereocenters. The summed E-state index contributed by atoms with van der Waals surface area (Å²) in [4.78, 5) is 23.5. The van der Waals surface area contributed by atoms with Crippen LogP contribution in [0.4, 0.5) is 0 Å². The second-order valence-corrected chi connectivity index (χ2v) is 3.32. The molecule has 1 aliphatic heterocycles. The van der Waals surface area contributed by atoms with Crippen LogP contribution in [0.2, 0.25) is 0 Å². The van der Waals surface area contributed by atoms with Crippen LogP contribution in [-0.4, -0.2) is 40.5 Å². The molecular formula is C8H14N2O3. The fourth-order valence-corrected chi connectivity index (χ4v) is 1.55. The van der Waals surface area contributed by atoms with Crippen molar-refractivity contribution < 1.29 is 14.7 Å². The number of nitrogens with two attached hydrogens (primary N) is 1. The summed E-state index contributed by atoms with van der Waals surface area (Å²) in [6.45, 7) is 2.08. The van der Waals surface area contributed by atoms with E-state index in [2.05, 4.69) is 0 Å². The molecule has 0 bridgehead atoms. The lowest BCUT2D eigenvalue weighted by atomic mass is 10.2. The average Bonchev–Trinajstić information content (AvgIpc) is 2.50. The molecule has 1 aliphatic rings. The molecule has 0 radical (unpaired) electrons. The van der Waals surface area contributed by atoms with Crippen LogP contribution in [0, 0.1) is 0 Å². The Morgan fingerprint density at radius 3 is 2.69 bits per heavy atom. The van der Waals surface area contributed by atoms with Gasteiger partial charge in [0, 0.05) is 6.54 Å². The minimum atomic E-state index is -0.938. The van der Waals surface area contributed by atoms with Crippen molar-refractivity contribution in [3.05, 3.63) is 0 Å². The fourth-order valence-electron chi connectivity index (χ4n) is 1.55. The topological polar surface area (TPSA) is 83.6 Å². The molecule has 0 aromatic carbocycles. The highest BCUT2D eigenvalue weighted by Gasteiger charge is 2.34. The van der Waals surface area contributed by atoms with Crippen LogP contribution in [0.25, 0.3) is 0 Å². The average molecular weight is 186 g/mol. The highest BCUT2D eigenvalue weighted by atomic mass is 16.4. The Labute approximate surface area is 76.5 Å². The van der Waals surface area contributed by atoms with Gasteiger partial charge in [-0.2, -0.15) is 0 Å². The van der Waals surface area contributed by atoms with Crippen LogP contribution >= 0.6 is 0 Å². The maximum atomic E-state index is 11.4. The van der Waals surface area contributed by atoms with E-state index in [0.717, 1.165) is 6.42 Å². The third kappa shape index (κ3) is 1.98. The summed E-state index contributed by atoms with van der Waals surface area (Å²) in [5.41, 5.74) is 5.39. The number of nitrogens with zero attached hydrogens (tertiary/aromatic N) is 1. The molecule has 0 aromatic rings. The number of likely N-dealkylation sites (tertiary alicyclic amines) is 1. The monoisotopic (exact) mass is 186 g/mol. The van der Waals surface area contributed by atoms with E-state index >= 15 is 0 Å². The molecule has 1 fully saturated rings. The van der Waals surface area contributed by atoms with Gasteiger partial charge in [0.2, 0.25) is 5.91 Å². The minimum absolute atomic E-state index is 0.273. The first-order chi connectivity index (χ1) is 6.04. The number of rotatable bonds is 2. The van der Waals surface area contributed by atoms with Crippen molar-refractivity contribution in [2.75, 3.05) is 6.54 Å². The van der Waals surface area contributed by atoms with Gasteiger partial charge in [0.05, 0.1) is 6.04 Å². The molecule has 13 heavy (non-hydrogen) atoms. The summed E-state index contributed by atoms with van der Waals surface area (Å²) in [6, 6.07) is -1.28. The van der Waals surface area contributed by atoms with Crippen LogP contribution in [0.15, 0.2) is 0 Å². The summed E-state index contributed by atoms with van der Waals surface area (Å²) < 4.78 is 0. The zero-order chi connectivity index (χ0) is 10.0. The van der Waals surface area contributed by atoms with Crippen molar-refractivity contribution in [3.8, 4) is 0 Å². The number of hydrogen-bond donors (Lipinski definition) is 2. The number of carbonyl (C=O) groups excluding carboxylic acids is 1. The van der Waals surface area contributed by atoms with E-state index in [4.69, 9.17) is 10.8 Å². The third-order valence-electron chi connectivity index (χ3n) is 2.21. The maximum absolute atomic E-state index is 11.4. The molecule has 1 amide bonds. The van der Waals surface area contributed by atoms with E-state index in [-0.39, 0.29) is 5.91 Å². The molecule has 74 valence electrons. The zero-order valence-corrected chi connectivity index (χ0v) is 7.56. The summed E-state index contributed by atoms with van der Waals surface area (Å²) >= 11 is 0. The molecule has 1 heterocycles. The molecular weight excluding hydrogens is 172 g/mol. The van der Waals surface area contributed by atoms with E-state index in [9.17, 15) is 9.59 Å². The van der Waals surface area contributed by atoms with E-state index in [1.807, 2.05) is 0 Å². The molecule has 0 spiro atoms. The number of carboxylic acid groups (broad SMARTS) is 1. The van der Waals surface area contributed by atoms with Gasteiger partial charge in [0.25, 0.3) is 0 Å². The Kier molecular flexibility index (Phi) is 2.87. The quantitative estimate of drug-likeness (QED) is 0.603. The van der Waals surface area contributed by atoms with Gasteiger partial charge in [-0.1, -0.05) is 0 Å². The Morgan fingerprint density at radius 1 is 1.62 bits per heavy atom. The normalized spacial score (nSPS) is 24.5. The predicted octanol–water partition coefficient (Wildman–Crippen LogP) is -0.591. The van der Waals surface area contributed by atoms with Crippen molar-refractivity contribution in [2.45, 2.75) is 31.8 Å². The Hall–Kier alpha value is -1.10. The molecule has 1 saturated heterocycles. The first kappa shape index (κ1) is 9.98. The summed E-state index contributed by atoms with van der Waals surface area (Å²) in [5, 5.41) is 8.78. The largest absolute Gasteiger partial charge is 0.480 e. The molecule has 2 atom stereocenters. The molecule has 5 nitrogen and oxygen atoms in total. The summed E-state index contributed by atoms with van der Waals surface area (Å²) in [6.07, 6.45) is 1.28. The van der Waals surface area contributed by atoms with Crippen molar-refractivity contribution in [2.24, 2.45) is 5.73 Å². The van der Waals surface area contributed by atoms with E-state index < -0.39 is 18.1 Å². The van der Waals surface area contributed by atoms with Crippen molar-refractivity contribution in [1.29, 1.82) is 0 Å². The molecule has 0 aliphatic carbocycles. The van der Waals surface area contributed by atoms with E-state index in [0.29, 0.717) is 13.0 Å². The molecule has 0 aromatic heterocycles. The second-order valence-electron chi connectivity index (χ2n) is 3.32. The number of carboxylic acids is 1. The SMILES string of the molecule is CC(N)C(=O)N1CCC[C@@H]1C(=O)O. The third-order valence-corrected chi connectivity index (χ3v) is 2.21. The fraction of sp³-hybridized carbons (Fsp3) is 0.750. The van der Waals surface area contributed by atoms with Gasteiger partial charge in [-0.3, -0.25) is 4.79 Å². The molecule has 3 N–H and O–H groups in total. The summed E-state index contributed by atoms with van der Waals surface area (Å²) in [5.74, 6) is -1.21. The van der Waals surface area contributed by atoms with Crippen LogP contribution in [0.3, 0.4) is 0 Å². The standard InChI is InChI=1S/C8H14N2O3/c1-5(9)7(11)10-4-2-3-6(10)8(12)13/h5-6H,2-4,9H2,1H3,(H,12,13)/t5?,6-/m1/s1. The van der Waals surface area contributed by atoms with Crippen LogP contribution in [0.5, 0.6) is 0 Å². The maximum Gasteiger partial charge on any atom is 0.326 e. The van der Waals surface area contributed by atoms with Gasteiger partial charge in [0.15, 0.2) is 0 Å². The number of aliphatic carboxylic acids is 1. The van der Waals surface area contributed by atoms with Gasteiger partial charge in [0.1, 0.15) is 6.04 Å². The molecule has 1 rings (SSSR count). The first-order valence-electron chi connectivity index (χ1n) is 4.33. The van der Waals surface area contributed by atoms with Crippen LogP contribution in [-0.2, 0) is 9.59 Å². The lowest BCUT2D eigenvalue weighted by molar-refractivity contribution is -0.148. The van der Waals surface area contributed by atoms with Gasteiger partial charge >= 0.3 is 5.97 Å². The van der Waals surface area contributed by atoms with Gasteiger partial charge < -0.3 is 15.7 Å². The van der Waals surface area contributed by atoms with Crippen molar-refractivity contribution in [3.63, 3.8) is 0 Å². The molecule has 0 saturated carbocycles. The molecule has 5 heteroatoms. The van der Waals surface area contributed by atoms with Crippen molar-refractivity contribution in [1.82, 2.24) is 4.90 Å². The highest BCUT2D eigenvalue weighted by Crippen LogP contribution is 2.17. The van der Waals surface area contributed by atoms with Crippen LogP contribution < -0.4 is 5.73 Å². The number of hydrogen-bond acceptors (Lipinski definition) is 3. The summed E-state index contributed by atoms with van der Waals surface area (Å²) in [7, 11) is 0. The zero-order valence-electron chi connectivity index (χ0n) is 7.56. The van der Waals surface area contributed by atoms with Gasteiger partial charge in [-0.15, -0.1) is 0 Å². The second kappa shape index (κ2) is 3.74. The lowest BCUT2D eigenvalue weighted by Crippen LogP contribution is -2.47. The van der Waals surface area contributed by atoms with Gasteiger partial charge in [-0.05, 0) is 19.8 Å². The highest BCUT2D eigenvalue weighted by molar-refractivity contribution is 5.87. The predicted molar refractivity (Wildman–Crippen MR) is 46.0 cm³/mol. The van der Waals surface area contributed by atoms with Crippen LogP contribution in [0.1, 0.15) is 19.8 Å². The van der Waals surface area contributed by atoms with Gasteiger partial charge in [-0.25, -0.2) is 4.79 Å². The lowest BCUT2D eigenvalue weighted by Gasteiger charge is -2.22. The Morgan fingerprint density at radius 2 is 2.23 bits per heavy atom. The van der Waals surface area contributed by atoms with E-state index in [1.54, 1.807) is 6.92 Å². The van der Waals surface area contributed by atoms with Crippen molar-refractivity contribution >= 4 is 11.9 Å². The Balaban J connectivity index is 2.68. The minimum Gasteiger partial charge on any atom is -0.480 e. The number of amides is 1. The Bertz CT molecular complexity index is 227.